The number of hydrogen-bond acceptors (Lipinski definition) is 6. The molecule has 1 fully saturated rings. The number of nitrogens with one attached hydrogen (secondary N) is 1. The van der Waals surface area contributed by atoms with Gasteiger partial charge in [0.05, 0.1) is 13.7 Å². The molecule has 0 unspecified atom stereocenters. The summed E-state index contributed by atoms with van der Waals surface area (Å²) in [5, 5.41) is 10.4. The fourth-order valence-electron chi connectivity index (χ4n) is 1.76. The summed E-state index contributed by atoms with van der Waals surface area (Å²) < 4.78 is 41.9. The number of carboxylic acids is 1. The zero-order valence-electron chi connectivity index (χ0n) is 12.4. The first-order chi connectivity index (χ1) is 10.7. The zero-order chi connectivity index (χ0) is 17.5. The number of piperazine rings is 1. The predicted molar refractivity (Wildman–Crippen MR) is 73.4 cm³/mol. The Kier molecular flexibility index (Phi) is 7.04. The molecule has 2 rings (SSSR count). The highest BCUT2D eigenvalue weighted by Crippen LogP contribution is 2.13. The smallest absolute Gasteiger partial charge is 0.490 e. The van der Waals surface area contributed by atoms with Crippen molar-refractivity contribution in [3.05, 3.63) is 28.3 Å². The van der Waals surface area contributed by atoms with Gasteiger partial charge in [0.15, 0.2) is 0 Å². The fraction of sp³-hybridized carbons (Fsp3) is 0.538. The standard InChI is InChI=1S/C11H16N2O3.C2HF3O2/c1-15-11-8-16-9(6-10(11)14)7-13-4-2-12-3-5-13;3-2(4,5)1(6)7/h6,8,12H,2-5,7H2,1H3;(H,6,7). The second kappa shape index (κ2) is 8.53. The molecule has 0 radical (unpaired) electrons. The Morgan fingerprint density at radius 3 is 2.43 bits per heavy atom. The van der Waals surface area contributed by atoms with Gasteiger partial charge in [-0.2, -0.15) is 13.2 Å². The maximum Gasteiger partial charge on any atom is 0.490 e. The van der Waals surface area contributed by atoms with E-state index in [0.29, 0.717) is 12.3 Å². The van der Waals surface area contributed by atoms with Crippen molar-refractivity contribution < 1.29 is 32.2 Å². The Morgan fingerprint density at radius 2 is 2.00 bits per heavy atom. The van der Waals surface area contributed by atoms with E-state index >= 15 is 0 Å². The highest BCUT2D eigenvalue weighted by Gasteiger charge is 2.38. The van der Waals surface area contributed by atoms with E-state index in [-0.39, 0.29) is 11.2 Å². The fourth-order valence-corrected chi connectivity index (χ4v) is 1.76. The average molecular weight is 338 g/mol. The molecule has 23 heavy (non-hydrogen) atoms. The summed E-state index contributed by atoms with van der Waals surface area (Å²) in [6, 6.07) is 1.50. The molecule has 10 heteroatoms. The molecule has 1 aliphatic rings. The molecule has 2 heterocycles. The van der Waals surface area contributed by atoms with Crippen LogP contribution in [0.2, 0.25) is 0 Å². The molecule has 1 aromatic heterocycles. The van der Waals surface area contributed by atoms with E-state index in [2.05, 4.69) is 10.2 Å². The van der Waals surface area contributed by atoms with Crippen molar-refractivity contribution in [2.24, 2.45) is 0 Å². The maximum atomic E-state index is 11.5. The third-order valence-electron chi connectivity index (χ3n) is 2.90. The van der Waals surface area contributed by atoms with Gasteiger partial charge in [-0.25, -0.2) is 4.79 Å². The lowest BCUT2D eigenvalue weighted by Crippen LogP contribution is -2.42. The van der Waals surface area contributed by atoms with Crippen LogP contribution in [0, 0.1) is 0 Å². The molecule has 0 aromatic carbocycles. The van der Waals surface area contributed by atoms with Gasteiger partial charge in [0.1, 0.15) is 12.0 Å². The van der Waals surface area contributed by atoms with Gasteiger partial charge in [-0.15, -0.1) is 0 Å². The number of nitrogens with zero attached hydrogens (tertiary/aromatic N) is 1. The second-order valence-electron chi connectivity index (χ2n) is 4.61. The van der Waals surface area contributed by atoms with Crippen LogP contribution in [-0.2, 0) is 11.3 Å². The normalized spacial score (nSPS) is 15.5. The SMILES string of the molecule is COc1coc(CN2CCNCC2)cc1=O.O=C(O)C(F)(F)F. The van der Waals surface area contributed by atoms with Gasteiger partial charge in [-0.1, -0.05) is 0 Å². The van der Waals surface area contributed by atoms with Crippen molar-refractivity contribution in [2.75, 3.05) is 33.3 Å². The first-order valence-electron chi connectivity index (χ1n) is 6.63. The molecular formula is C13H17F3N2O5. The van der Waals surface area contributed by atoms with E-state index in [0.717, 1.165) is 26.2 Å². The Bertz CT molecular complexity index is 567. The summed E-state index contributed by atoms with van der Waals surface area (Å²) in [7, 11) is 1.46. The first kappa shape index (κ1) is 19.0. The number of carbonyl (C=O) groups is 1. The summed E-state index contributed by atoms with van der Waals surface area (Å²) >= 11 is 0. The predicted octanol–water partition coefficient (Wildman–Crippen LogP) is 0.687. The van der Waals surface area contributed by atoms with Crippen LogP contribution in [-0.4, -0.2) is 55.4 Å². The highest BCUT2D eigenvalue weighted by molar-refractivity contribution is 5.73. The molecular weight excluding hydrogens is 321 g/mol. The number of aliphatic carboxylic acids is 1. The van der Waals surface area contributed by atoms with E-state index in [9.17, 15) is 18.0 Å². The third kappa shape index (κ3) is 6.70. The molecule has 7 nitrogen and oxygen atoms in total. The van der Waals surface area contributed by atoms with Crippen LogP contribution in [0.15, 0.2) is 21.5 Å². The van der Waals surface area contributed by atoms with Crippen LogP contribution < -0.4 is 15.5 Å². The Labute approximate surface area is 129 Å². The maximum absolute atomic E-state index is 11.5. The first-order valence-corrected chi connectivity index (χ1v) is 6.63. The van der Waals surface area contributed by atoms with E-state index in [1.807, 2.05) is 0 Å². The number of methoxy groups -OCH3 is 1. The van der Waals surface area contributed by atoms with Crippen LogP contribution in [0.4, 0.5) is 13.2 Å². The zero-order valence-corrected chi connectivity index (χ0v) is 12.4. The topological polar surface area (TPSA) is 92.0 Å². The van der Waals surface area contributed by atoms with Gasteiger partial charge in [0, 0.05) is 32.2 Å². The van der Waals surface area contributed by atoms with Crippen molar-refractivity contribution in [3.8, 4) is 5.75 Å². The minimum Gasteiger partial charge on any atom is -0.490 e. The van der Waals surface area contributed by atoms with Gasteiger partial charge in [0.25, 0.3) is 0 Å². The van der Waals surface area contributed by atoms with Gasteiger partial charge >= 0.3 is 12.1 Å². The molecule has 0 bridgehead atoms. The Morgan fingerprint density at radius 1 is 1.43 bits per heavy atom. The quantitative estimate of drug-likeness (QED) is 0.837. The van der Waals surface area contributed by atoms with Crippen molar-refractivity contribution in [1.29, 1.82) is 0 Å². The lowest BCUT2D eigenvalue weighted by Gasteiger charge is -2.26. The molecule has 1 saturated heterocycles. The largest absolute Gasteiger partial charge is 0.490 e. The van der Waals surface area contributed by atoms with Gasteiger partial charge < -0.3 is 19.6 Å². The molecule has 0 aliphatic carbocycles. The number of alkyl halides is 3. The average Bonchev–Trinajstić information content (AvgIpc) is 2.48. The number of ether oxygens (including phenoxy) is 1. The molecule has 0 amide bonds. The number of hydrogen-bond donors (Lipinski definition) is 2. The van der Waals surface area contributed by atoms with Gasteiger partial charge in [-0.3, -0.25) is 9.69 Å². The van der Waals surface area contributed by atoms with E-state index in [1.54, 1.807) is 0 Å². The van der Waals surface area contributed by atoms with Crippen LogP contribution in [0.5, 0.6) is 5.75 Å². The van der Waals surface area contributed by atoms with E-state index in [1.165, 1.54) is 19.4 Å². The number of halogens is 3. The van der Waals surface area contributed by atoms with Crippen LogP contribution in [0.3, 0.4) is 0 Å². The molecule has 0 atom stereocenters. The molecule has 0 saturated carbocycles. The van der Waals surface area contributed by atoms with Gasteiger partial charge in [0.2, 0.25) is 11.2 Å². The van der Waals surface area contributed by atoms with Crippen LogP contribution in [0.25, 0.3) is 0 Å². The van der Waals surface area contributed by atoms with E-state index in [4.69, 9.17) is 19.1 Å². The molecule has 1 aromatic rings. The molecule has 1 aliphatic heterocycles. The van der Waals surface area contributed by atoms with E-state index < -0.39 is 12.1 Å². The second-order valence-corrected chi connectivity index (χ2v) is 4.61. The number of rotatable bonds is 3. The monoisotopic (exact) mass is 338 g/mol. The molecule has 0 spiro atoms. The van der Waals surface area contributed by atoms with Crippen LogP contribution in [0.1, 0.15) is 5.76 Å². The minimum atomic E-state index is -5.08. The van der Waals surface area contributed by atoms with Crippen molar-refractivity contribution in [3.63, 3.8) is 0 Å². The van der Waals surface area contributed by atoms with Crippen LogP contribution >= 0.6 is 0 Å². The molecule has 2 N–H and O–H groups in total. The van der Waals surface area contributed by atoms with Crippen molar-refractivity contribution in [1.82, 2.24) is 10.2 Å². The lowest BCUT2D eigenvalue weighted by molar-refractivity contribution is -0.192. The summed E-state index contributed by atoms with van der Waals surface area (Å²) in [5.74, 6) is -1.82. The number of carboxylic acid groups (broad SMARTS) is 1. The van der Waals surface area contributed by atoms with Crippen molar-refractivity contribution >= 4 is 5.97 Å². The minimum absolute atomic E-state index is 0.126. The Balaban J connectivity index is 0.000000322. The summed E-state index contributed by atoms with van der Waals surface area (Å²) in [6.45, 7) is 4.62. The van der Waals surface area contributed by atoms with Crippen molar-refractivity contribution in [2.45, 2.75) is 12.7 Å². The summed E-state index contributed by atoms with van der Waals surface area (Å²) in [5.41, 5.74) is -0.126. The third-order valence-corrected chi connectivity index (χ3v) is 2.90. The van der Waals surface area contributed by atoms with Gasteiger partial charge in [-0.05, 0) is 0 Å². The molecule has 130 valence electrons. The highest BCUT2D eigenvalue weighted by atomic mass is 19.4. The Hall–Kier alpha value is -2.07. The lowest BCUT2D eigenvalue weighted by atomic mass is 10.3. The summed E-state index contributed by atoms with van der Waals surface area (Å²) in [6.07, 6.45) is -3.71. The summed E-state index contributed by atoms with van der Waals surface area (Å²) in [4.78, 5) is 22.6.